The maximum Gasteiger partial charge on any atom is 0.341 e. The van der Waals surface area contributed by atoms with Gasteiger partial charge >= 0.3 is 5.97 Å². The summed E-state index contributed by atoms with van der Waals surface area (Å²) >= 11 is 0. The number of aliphatic carboxylic acids is 1. The van der Waals surface area contributed by atoms with Gasteiger partial charge in [0.1, 0.15) is 5.75 Å². The number of hydrazone groups is 1. The second-order valence-electron chi connectivity index (χ2n) is 5.34. The fraction of sp³-hybridized carbons (Fsp3) is 0.176. The third-order valence-corrected chi connectivity index (χ3v) is 4.64. The first-order valence-corrected chi connectivity index (χ1v) is 8.83. The quantitative estimate of drug-likeness (QED) is 0.579. The number of ether oxygens (including phenoxy) is 1. The first-order valence-electron chi connectivity index (χ1n) is 7.35. The normalized spacial score (nSPS) is 11.4. The van der Waals surface area contributed by atoms with Gasteiger partial charge in [-0.25, -0.2) is 9.63 Å². The van der Waals surface area contributed by atoms with Crippen LogP contribution in [0.2, 0.25) is 0 Å². The molecule has 132 valence electrons. The van der Waals surface area contributed by atoms with Gasteiger partial charge in [0.05, 0.1) is 11.1 Å². The predicted molar refractivity (Wildman–Crippen MR) is 93.4 cm³/mol. The van der Waals surface area contributed by atoms with Gasteiger partial charge in [-0.3, -0.25) is 0 Å². The van der Waals surface area contributed by atoms with E-state index in [0.29, 0.717) is 16.9 Å². The molecule has 8 heteroatoms. The second kappa shape index (κ2) is 7.80. The number of aryl methyl sites for hydroxylation is 2. The molecule has 0 spiro atoms. The van der Waals surface area contributed by atoms with E-state index < -0.39 is 22.6 Å². The van der Waals surface area contributed by atoms with Gasteiger partial charge in [-0.05, 0) is 43.2 Å². The SMILES string of the molecule is Cc1ccc(C)c(S(=O)(=O)N/N=C/c2ccccc2OCC(=O)O)c1. The number of para-hydroxylation sites is 1. The minimum Gasteiger partial charge on any atom is -0.481 e. The summed E-state index contributed by atoms with van der Waals surface area (Å²) in [4.78, 5) is 12.9. The fourth-order valence-electron chi connectivity index (χ4n) is 2.07. The summed E-state index contributed by atoms with van der Waals surface area (Å²) in [5, 5.41) is 12.4. The van der Waals surface area contributed by atoms with E-state index in [0.717, 1.165) is 5.56 Å². The lowest BCUT2D eigenvalue weighted by Crippen LogP contribution is -2.19. The molecule has 2 aromatic rings. The molecule has 0 saturated heterocycles. The number of carboxylic acids is 1. The average Bonchev–Trinajstić information content (AvgIpc) is 2.56. The lowest BCUT2D eigenvalue weighted by Gasteiger charge is -2.08. The van der Waals surface area contributed by atoms with Gasteiger partial charge in [-0.1, -0.05) is 24.3 Å². The van der Waals surface area contributed by atoms with Gasteiger partial charge < -0.3 is 9.84 Å². The average molecular weight is 362 g/mol. The molecule has 0 unspecified atom stereocenters. The summed E-state index contributed by atoms with van der Waals surface area (Å²) < 4.78 is 29.9. The number of rotatable bonds is 7. The second-order valence-corrected chi connectivity index (χ2v) is 6.97. The van der Waals surface area contributed by atoms with Crippen molar-refractivity contribution in [1.29, 1.82) is 0 Å². The molecule has 2 rings (SSSR count). The van der Waals surface area contributed by atoms with Crippen molar-refractivity contribution in [2.45, 2.75) is 18.7 Å². The van der Waals surface area contributed by atoms with Crippen LogP contribution in [0.25, 0.3) is 0 Å². The van der Waals surface area contributed by atoms with E-state index in [2.05, 4.69) is 9.93 Å². The molecule has 0 radical (unpaired) electrons. The molecule has 7 nitrogen and oxygen atoms in total. The summed E-state index contributed by atoms with van der Waals surface area (Å²) in [6, 6.07) is 11.7. The van der Waals surface area contributed by atoms with Gasteiger partial charge in [-0.2, -0.15) is 13.5 Å². The first kappa shape index (κ1) is 18.5. The fourth-order valence-corrected chi connectivity index (χ4v) is 3.19. The third-order valence-electron chi connectivity index (χ3n) is 3.28. The summed E-state index contributed by atoms with van der Waals surface area (Å²) in [5.41, 5.74) is 1.88. The highest BCUT2D eigenvalue weighted by Gasteiger charge is 2.15. The van der Waals surface area contributed by atoms with Gasteiger partial charge in [0.15, 0.2) is 6.61 Å². The van der Waals surface area contributed by atoms with Crippen molar-refractivity contribution in [2.75, 3.05) is 6.61 Å². The Hall–Kier alpha value is -2.87. The van der Waals surface area contributed by atoms with E-state index in [1.165, 1.54) is 6.21 Å². The number of sulfonamides is 1. The molecule has 0 amide bonds. The highest BCUT2D eigenvalue weighted by atomic mass is 32.2. The van der Waals surface area contributed by atoms with Crippen molar-refractivity contribution in [3.63, 3.8) is 0 Å². The molecule has 0 bridgehead atoms. The van der Waals surface area contributed by atoms with Gasteiger partial charge in [0, 0.05) is 5.56 Å². The first-order chi connectivity index (χ1) is 11.8. The summed E-state index contributed by atoms with van der Waals surface area (Å²) in [7, 11) is -3.81. The number of hydrogen-bond acceptors (Lipinski definition) is 5. The van der Waals surface area contributed by atoms with Gasteiger partial charge in [0.2, 0.25) is 0 Å². The topological polar surface area (TPSA) is 105 Å². The maximum atomic E-state index is 12.4. The van der Waals surface area contributed by atoms with Crippen LogP contribution >= 0.6 is 0 Å². The Bertz CT molecular complexity index is 907. The van der Waals surface area contributed by atoms with Crippen LogP contribution in [-0.4, -0.2) is 32.3 Å². The van der Waals surface area contributed by atoms with Crippen LogP contribution in [0.3, 0.4) is 0 Å². The van der Waals surface area contributed by atoms with E-state index in [4.69, 9.17) is 9.84 Å². The van der Waals surface area contributed by atoms with E-state index in [1.807, 2.05) is 6.07 Å². The maximum absolute atomic E-state index is 12.4. The standard InChI is InChI=1S/C17H18N2O5S/c1-12-7-8-13(2)16(9-12)25(22,23)19-18-10-14-5-3-4-6-15(14)24-11-17(20)21/h3-10,19H,11H2,1-2H3,(H,20,21)/b18-10+. The molecule has 25 heavy (non-hydrogen) atoms. The Morgan fingerprint density at radius 1 is 1.24 bits per heavy atom. The summed E-state index contributed by atoms with van der Waals surface area (Å²) in [5.74, 6) is -0.818. The van der Waals surface area contributed by atoms with Crippen LogP contribution < -0.4 is 9.57 Å². The predicted octanol–water partition coefficient (Wildman–Crippen LogP) is 2.08. The van der Waals surface area contributed by atoms with E-state index in [9.17, 15) is 13.2 Å². The van der Waals surface area contributed by atoms with Gasteiger partial charge in [-0.15, -0.1) is 0 Å². The molecule has 2 aromatic carbocycles. The zero-order chi connectivity index (χ0) is 18.4. The number of nitrogens with one attached hydrogen (secondary N) is 1. The molecular formula is C17H18N2O5S. The monoisotopic (exact) mass is 362 g/mol. The lowest BCUT2D eigenvalue weighted by molar-refractivity contribution is -0.139. The minimum atomic E-state index is -3.81. The van der Waals surface area contributed by atoms with Crippen molar-refractivity contribution in [1.82, 2.24) is 4.83 Å². The molecule has 0 aliphatic carbocycles. The van der Waals surface area contributed by atoms with Crippen LogP contribution in [-0.2, 0) is 14.8 Å². The Morgan fingerprint density at radius 2 is 1.96 bits per heavy atom. The number of benzene rings is 2. The van der Waals surface area contributed by atoms with Crippen molar-refractivity contribution < 1.29 is 23.1 Å². The summed E-state index contributed by atoms with van der Waals surface area (Å²) in [6.07, 6.45) is 1.26. The van der Waals surface area contributed by atoms with Crippen LogP contribution in [0.15, 0.2) is 52.5 Å². The molecule has 0 aromatic heterocycles. The molecule has 0 aliphatic rings. The van der Waals surface area contributed by atoms with Crippen molar-refractivity contribution >= 4 is 22.2 Å². The largest absolute Gasteiger partial charge is 0.481 e. The molecule has 0 fully saturated rings. The summed E-state index contributed by atoms with van der Waals surface area (Å²) in [6.45, 7) is 3.00. The third kappa shape index (κ3) is 5.05. The van der Waals surface area contributed by atoms with E-state index >= 15 is 0 Å². The number of carboxylic acid groups (broad SMARTS) is 1. The van der Waals surface area contributed by atoms with Crippen LogP contribution in [0.5, 0.6) is 5.75 Å². The van der Waals surface area contributed by atoms with Crippen molar-refractivity contribution in [2.24, 2.45) is 5.10 Å². The Morgan fingerprint density at radius 3 is 2.68 bits per heavy atom. The Balaban J connectivity index is 2.18. The van der Waals surface area contributed by atoms with Crippen molar-refractivity contribution in [3.05, 3.63) is 59.2 Å². The van der Waals surface area contributed by atoms with E-state index in [-0.39, 0.29) is 4.90 Å². The van der Waals surface area contributed by atoms with Crippen LogP contribution in [0.4, 0.5) is 0 Å². The number of hydrogen-bond donors (Lipinski definition) is 2. The number of nitrogens with zero attached hydrogens (tertiary/aromatic N) is 1. The molecule has 0 atom stereocenters. The smallest absolute Gasteiger partial charge is 0.341 e. The highest BCUT2D eigenvalue weighted by molar-refractivity contribution is 7.89. The van der Waals surface area contributed by atoms with Crippen LogP contribution in [0, 0.1) is 13.8 Å². The molecule has 2 N–H and O–H groups in total. The number of carbonyl (C=O) groups is 1. The zero-order valence-electron chi connectivity index (χ0n) is 13.8. The molecule has 0 saturated carbocycles. The molecular weight excluding hydrogens is 344 g/mol. The lowest BCUT2D eigenvalue weighted by atomic mass is 10.2. The highest BCUT2D eigenvalue weighted by Crippen LogP contribution is 2.17. The zero-order valence-corrected chi connectivity index (χ0v) is 14.6. The van der Waals surface area contributed by atoms with E-state index in [1.54, 1.807) is 50.2 Å². The molecule has 0 aliphatic heterocycles. The Labute approximate surface area is 146 Å². The minimum absolute atomic E-state index is 0.153. The van der Waals surface area contributed by atoms with Crippen LogP contribution in [0.1, 0.15) is 16.7 Å². The van der Waals surface area contributed by atoms with Gasteiger partial charge in [0.25, 0.3) is 10.0 Å². The Kier molecular flexibility index (Phi) is 5.76. The van der Waals surface area contributed by atoms with Crippen molar-refractivity contribution in [3.8, 4) is 5.75 Å². The molecule has 0 heterocycles.